The number of unbranched alkanes of at least 4 members (excludes halogenated alkanes) is 1. The molecule has 164 valence electrons. The van der Waals surface area contributed by atoms with Gasteiger partial charge in [-0.2, -0.15) is 0 Å². The Hall–Kier alpha value is -2.51. The highest BCUT2D eigenvalue weighted by Crippen LogP contribution is 2.22. The highest BCUT2D eigenvalue weighted by Gasteiger charge is 2.30. The van der Waals surface area contributed by atoms with Crippen LogP contribution in [0.2, 0.25) is 0 Å². The van der Waals surface area contributed by atoms with Crippen LogP contribution in [0, 0.1) is 5.92 Å². The molecule has 1 aliphatic heterocycles. The summed E-state index contributed by atoms with van der Waals surface area (Å²) in [5, 5.41) is 2.71. The van der Waals surface area contributed by atoms with Crippen LogP contribution in [0.25, 0.3) is 0 Å². The molecule has 3 atom stereocenters. The molecule has 1 aromatic carbocycles. The average Bonchev–Trinajstić information content (AvgIpc) is 2.75. The zero-order valence-electron chi connectivity index (χ0n) is 17.7. The molecule has 0 aromatic heterocycles. The van der Waals surface area contributed by atoms with E-state index in [-0.39, 0.29) is 37.2 Å². The third kappa shape index (κ3) is 8.47. The Balaban J connectivity index is 1.77. The van der Waals surface area contributed by atoms with Gasteiger partial charge in [-0.1, -0.05) is 42.5 Å². The van der Waals surface area contributed by atoms with Gasteiger partial charge in [-0.15, -0.1) is 0 Å². The predicted octanol–water partition coefficient (Wildman–Crippen LogP) is 2.58. The van der Waals surface area contributed by atoms with Crippen molar-refractivity contribution in [2.24, 2.45) is 5.92 Å². The lowest BCUT2D eigenvalue weighted by molar-refractivity contribution is -0.225. The van der Waals surface area contributed by atoms with Crippen LogP contribution in [-0.2, 0) is 35.0 Å². The minimum Gasteiger partial charge on any atom is -0.469 e. The van der Waals surface area contributed by atoms with E-state index in [2.05, 4.69) is 10.1 Å². The molecular formula is C23H31NO6. The molecule has 1 aromatic rings. The topological polar surface area (TPSA) is 90.9 Å². The number of ketones is 1. The maximum absolute atomic E-state index is 12.2. The molecule has 30 heavy (non-hydrogen) atoms. The van der Waals surface area contributed by atoms with Gasteiger partial charge in [0.15, 0.2) is 6.29 Å². The van der Waals surface area contributed by atoms with Gasteiger partial charge < -0.3 is 19.5 Å². The van der Waals surface area contributed by atoms with E-state index in [1.807, 2.05) is 49.4 Å². The molecule has 7 nitrogen and oxygen atoms in total. The number of nitrogens with one attached hydrogen (secondary N) is 1. The summed E-state index contributed by atoms with van der Waals surface area (Å²) in [5.74, 6) is -1.20. The summed E-state index contributed by atoms with van der Waals surface area (Å²) >= 11 is 0. The first-order valence-electron chi connectivity index (χ1n) is 10.3. The van der Waals surface area contributed by atoms with Crippen LogP contribution in [0.4, 0.5) is 0 Å². The normalized spacial score (nSPS) is 21.3. The molecule has 0 unspecified atom stereocenters. The number of rotatable bonds is 11. The lowest BCUT2D eigenvalue weighted by Crippen LogP contribution is -2.47. The maximum atomic E-state index is 12.2. The number of ether oxygens (including phenoxy) is 3. The third-order valence-electron chi connectivity index (χ3n) is 4.95. The van der Waals surface area contributed by atoms with Crippen LogP contribution in [-0.4, -0.2) is 50.3 Å². The second kappa shape index (κ2) is 12.9. The molecule has 1 fully saturated rings. The second-order valence-corrected chi connectivity index (χ2v) is 7.31. The number of allylic oxidation sites excluding steroid dienone is 2. The van der Waals surface area contributed by atoms with E-state index in [4.69, 9.17) is 9.47 Å². The van der Waals surface area contributed by atoms with E-state index in [0.29, 0.717) is 13.0 Å². The van der Waals surface area contributed by atoms with Crippen molar-refractivity contribution in [3.63, 3.8) is 0 Å². The summed E-state index contributed by atoms with van der Waals surface area (Å²) in [6, 6.07) is 9.19. The van der Waals surface area contributed by atoms with E-state index in [9.17, 15) is 14.4 Å². The van der Waals surface area contributed by atoms with Crippen molar-refractivity contribution in [1.29, 1.82) is 0 Å². The monoisotopic (exact) mass is 417 g/mol. The number of esters is 1. The predicted molar refractivity (Wildman–Crippen MR) is 112 cm³/mol. The number of benzene rings is 1. The van der Waals surface area contributed by atoms with Gasteiger partial charge in [0.25, 0.3) is 5.91 Å². The number of amides is 1. The van der Waals surface area contributed by atoms with Crippen molar-refractivity contribution in [1.82, 2.24) is 5.32 Å². The fraction of sp³-hybridized carbons (Fsp3) is 0.522. The maximum Gasteiger partial charge on any atom is 0.305 e. The van der Waals surface area contributed by atoms with Gasteiger partial charge in [-0.05, 0) is 31.7 Å². The highest BCUT2D eigenvalue weighted by atomic mass is 16.7. The van der Waals surface area contributed by atoms with E-state index in [0.717, 1.165) is 24.8 Å². The number of methoxy groups -OCH3 is 1. The smallest absolute Gasteiger partial charge is 0.305 e. The molecule has 0 radical (unpaired) electrons. The minimum absolute atomic E-state index is 0.0718. The molecule has 7 heteroatoms. The quantitative estimate of drug-likeness (QED) is 0.258. The molecule has 1 saturated heterocycles. The molecule has 1 heterocycles. The fourth-order valence-electron chi connectivity index (χ4n) is 3.21. The van der Waals surface area contributed by atoms with Gasteiger partial charge in [0.1, 0.15) is 0 Å². The molecule has 0 bridgehead atoms. The fourth-order valence-corrected chi connectivity index (χ4v) is 3.21. The average molecular weight is 418 g/mol. The Bertz CT molecular complexity index is 718. The molecule has 1 aliphatic rings. The Morgan fingerprint density at radius 1 is 1.20 bits per heavy atom. The molecule has 0 spiro atoms. The summed E-state index contributed by atoms with van der Waals surface area (Å²) < 4.78 is 16.0. The van der Waals surface area contributed by atoms with Crippen molar-refractivity contribution in [2.45, 2.75) is 51.4 Å². The zero-order chi connectivity index (χ0) is 21.8. The van der Waals surface area contributed by atoms with Crippen molar-refractivity contribution >= 4 is 17.7 Å². The van der Waals surface area contributed by atoms with Gasteiger partial charge in [-0.3, -0.25) is 14.4 Å². The van der Waals surface area contributed by atoms with E-state index in [1.54, 1.807) is 0 Å². The summed E-state index contributed by atoms with van der Waals surface area (Å²) in [5.41, 5.74) is 0.809. The Kier molecular flexibility index (Phi) is 10.2. The lowest BCUT2D eigenvalue weighted by atomic mass is 9.97. The Morgan fingerprint density at radius 2 is 1.97 bits per heavy atom. The number of carbonyl (C=O) groups is 3. The Morgan fingerprint density at radius 3 is 2.70 bits per heavy atom. The number of hydrogen-bond acceptors (Lipinski definition) is 6. The number of Topliss-reactive ketones (excluding diaryl/α,β-unsaturated/α-hetero) is 1. The SMILES string of the molecule is COC(=O)CCCC=CC[C@H]1CO[C@@H](C)O[C@H]1CNC(=O)C(=O)Cc1ccccc1. The minimum atomic E-state index is -0.598. The van der Waals surface area contributed by atoms with Crippen LogP contribution in [0.3, 0.4) is 0 Å². The van der Waals surface area contributed by atoms with Crippen molar-refractivity contribution in [3.8, 4) is 0 Å². The largest absolute Gasteiger partial charge is 0.469 e. The van der Waals surface area contributed by atoms with E-state index >= 15 is 0 Å². The van der Waals surface area contributed by atoms with Crippen LogP contribution in [0.15, 0.2) is 42.5 Å². The zero-order valence-corrected chi connectivity index (χ0v) is 17.7. The second-order valence-electron chi connectivity index (χ2n) is 7.31. The van der Waals surface area contributed by atoms with Gasteiger partial charge in [0.05, 0.1) is 19.8 Å². The first-order chi connectivity index (χ1) is 14.5. The first kappa shape index (κ1) is 23.8. The van der Waals surface area contributed by atoms with Crippen LogP contribution < -0.4 is 5.32 Å². The molecule has 1 amide bonds. The lowest BCUT2D eigenvalue weighted by Gasteiger charge is -2.35. The van der Waals surface area contributed by atoms with Crippen molar-refractivity contribution < 1.29 is 28.6 Å². The van der Waals surface area contributed by atoms with Gasteiger partial charge in [0.2, 0.25) is 5.78 Å². The molecule has 0 aliphatic carbocycles. The summed E-state index contributed by atoms with van der Waals surface area (Å²) in [7, 11) is 1.39. The Labute approximate surface area is 177 Å². The first-order valence-corrected chi connectivity index (χ1v) is 10.3. The third-order valence-corrected chi connectivity index (χ3v) is 4.95. The van der Waals surface area contributed by atoms with E-state index in [1.165, 1.54) is 7.11 Å². The van der Waals surface area contributed by atoms with Gasteiger partial charge in [0, 0.05) is 25.3 Å². The van der Waals surface area contributed by atoms with Crippen LogP contribution in [0.5, 0.6) is 0 Å². The van der Waals surface area contributed by atoms with Crippen molar-refractivity contribution in [3.05, 3.63) is 48.0 Å². The summed E-state index contributed by atoms with van der Waals surface area (Å²) in [6.45, 7) is 2.59. The number of carbonyl (C=O) groups excluding carboxylic acids is 3. The van der Waals surface area contributed by atoms with Crippen molar-refractivity contribution in [2.75, 3.05) is 20.3 Å². The molecule has 2 rings (SSSR count). The summed E-state index contributed by atoms with van der Waals surface area (Å²) in [6.07, 6.45) is 6.21. The standard InChI is InChI=1S/C23H31NO6/c1-17-29-16-19(12-8-3-4-9-13-22(26)28-2)21(30-17)15-24-23(27)20(25)14-18-10-6-5-7-11-18/h3,5-8,10-11,17,19,21H,4,9,12-16H2,1-2H3,(H,24,27)/t17-,19+,21+/m1/s1. The van der Waals surface area contributed by atoms with E-state index < -0.39 is 11.7 Å². The highest BCUT2D eigenvalue weighted by molar-refractivity contribution is 6.36. The van der Waals surface area contributed by atoms with Crippen LogP contribution in [0.1, 0.15) is 38.2 Å². The number of hydrogen-bond donors (Lipinski definition) is 1. The summed E-state index contributed by atoms with van der Waals surface area (Å²) in [4.78, 5) is 35.4. The van der Waals surface area contributed by atoms with Gasteiger partial charge >= 0.3 is 5.97 Å². The van der Waals surface area contributed by atoms with Gasteiger partial charge in [-0.25, -0.2) is 0 Å². The molecule has 0 saturated carbocycles. The molecular weight excluding hydrogens is 386 g/mol. The molecule has 1 N–H and O–H groups in total. The van der Waals surface area contributed by atoms with Crippen LogP contribution >= 0.6 is 0 Å².